The molecule has 0 spiro atoms. The minimum Gasteiger partial charge on any atom is -0.372 e. The summed E-state index contributed by atoms with van der Waals surface area (Å²) in [7, 11) is 0. The van der Waals surface area contributed by atoms with Crippen molar-refractivity contribution in [2.75, 3.05) is 29.9 Å². The van der Waals surface area contributed by atoms with Crippen LogP contribution in [0.15, 0.2) is 30.3 Å². The van der Waals surface area contributed by atoms with Crippen LogP contribution >= 0.6 is 0 Å². The Hall–Kier alpha value is -2.63. The maximum atomic E-state index is 12.4. The van der Waals surface area contributed by atoms with Gasteiger partial charge in [-0.2, -0.15) is 0 Å². The molecule has 0 saturated carbocycles. The van der Waals surface area contributed by atoms with E-state index < -0.39 is 0 Å². The molecule has 6 heteroatoms. The molecule has 0 unspecified atom stereocenters. The predicted molar refractivity (Wildman–Crippen MR) is 119 cm³/mol. The molecule has 2 N–H and O–H groups in total. The first kappa shape index (κ1) is 21.1. The summed E-state index contributed by atoms with van der Waals surface area (Å²) < 4.78 is 0. The molecule has 1 aromatic heterocycles. The average Bonchev–Trinajstić information content (AvgIpc) is 2.68. The van der Waals surface area contributed by atoms with E-state index >= 15 is 0 Å². The summed E-state index contributed by atoms with van der Waals surface area (Å²) in [6, 6.07) is 10.1. The van der Waals surface area contributed by atoms with Gasteiger partial charge in [-0.15, -0.1) is 0 Å². The van der Waals surface area contributed by atoms with Crippen LogP contribution in [0.2, 0.25) is 0 Å². The van der Waals surface area contributed by atoms with E-state index in [0.29, 0.717) is 24.1 Å². The third kappa shape index (κ3) is 6.17. The number of hydrogen-bond donors (Lipinski definition) is 2. The predicted octanol–water partition coefficient (Wildman–Crippen LogP) is 4.54. The number of carbonyl (C=O) groups is 1. The monoisotopic (exact) mass is 395 g/mol. The van der Waals surface area contributed by atoms with Crippen LogP contribution in [0.3, 0.4) is 0 Å². The highest BCUT2D eigenvalue weighted by Gasteiger charge is 2.16. The third-order valence-corrected chi connectivity index (χ3v) is 5.37. The van der Waals surface area contributed by atoms with Gasteiger partial charge >= 0.3 is 0 Å². The first-order valence-corrected chi connectivity index (χ1v) is 10.7. The molecule has 1 fully saturated rings. The van der Waals surface area contributed by atoms with Crippen LogP contribution in [-0.2, 0) is 0 Å². The smallest absolute Gasteiger partial charge is 0.270 e. The minimum absolute atomic E-state index is 0.158. The molecule has 1 saturated heterocycles. The van der Waals surface area contributed by atoms with Crippen molar-refractivity contribution >= 4 is 23.2 Å². The number of anilines is 3. The summed E-state index contributed by atoms with van der Waals surface area (Å²) in [5.41, 5.74) is 3.31. The fourth-order valence-corrected chi connectivity index (χ4v) is 3.46. The van der Waals surface area contributed by atoms with Gasteiger partial charge in [-0.1, -0.05) is 20.8 Å². The van der Waals surface area contributed by atoms with E-state index in [1.807, 2.05) is 19.1 Å². The van der Waals surface area contributed by atoms with Crippen LogP contribution in [-0.4, -0.2) is 35.5 Å². The van der Waals surface area contributed by atoms with Crippen LogP contribution in [0.5, 0.6) is 0 Å². The van der Waals surface area contributed by atoms with E-state index in [2.05, 4.69) is 58.4 Å². The highest BCUT2D eigenvalue weighted by Crippen LogP contribution is 2.25. The zero-order chi connectivity index (χ0) is 20.8. The van der Waals surface area contributed by atoms with Crippen molar-refractivity contribution in [1.82, 2.24) is 15.3 Å². The molecule has 6 nitrogen and oxygen atoms in total. The summed E-state index contributed by atoms with van der Waals surface area (Å²) in [5.74, 6) is 1.66. The van der Waals surface area contributed by atoms with Crippen molar-refractivity contribution in [2.45, 2.75) is 47.0 Å². The molecule has 1 aliphatic rings. The number of benzene rings is 1. The van der Waals surface area contributed by atoms with Crippen LogP contribution in [0.25, 0.3) is 0 Å². The summed E-state index contributed by atoms with van der Waals surface area (Å²) >= 11 is 0. The number of aryl methyl sites for hydroxylation is 1. The summed E-state index contributed by atoms with van der Waals surface area (Å²) in [6.45, 7) is 11.4. The van der Waals surface area contributed by atoms with Gasteiger partial charge in [0.1, 0.15) is 5.69 Å². The fourth-order valence-electron chi connectivity index (χ4n) is 3.46. The van der Waals surface area contributed by atoms with Crippen molar-refractivity contribution in [3.05, 3.63) is 41.7 Å². The average molecular weight is 396 g/mol. The Morgan fingerprint density at radius 2 is 1.86 bits per heavy atom. The second-order valence-electron chi connectivity index (χ2n) is 8.50. The maximum absolute atomic E-state index is 12.4. The van der Waals surface area contributed by atoms with Crippen molar-refractivity contribution in [3.8, 4) is 0 Å². The second kappa shape index (κ2) is 9.72. The molecule has 0 atom stereocenters. The second-order valence-corrected chi connectivity index (χ2v) is 8.50. The number of nitrogens with one attached hydrogen (secondary N) is 2. The van der Waals surface area contributed by atoms with Crippen LogP contribution in [0.1, 0.15) is 56.2 Å². The Bertz CT molecular complexity index is 811. The Kier molecular flexibility index (Phi) is 7.07. The van der Waals surface area contributed by atoms with Gasteiger partial charge in [0, 0.05) is 36.7 Å². The van der Waals surface area contributed by atoms with Gasteiger partial charge < -0.3 is 15.5 Å². The van der Waals surface area contributed by atoms with Crippen molar-refractivity contribution < 1.29 is 4.79 Å². The number of hydrogen-bond acceptors (Lipinski definition) is 5. The highest BCUT2D eigenvalue weighted by atomic mass is 16.1. The minimum atomic E-state index is -0.158. The van der Waals surface area contributed by atoms with Crippen molar-refractivity contribution in [3.63, 3.8) is 0 Å². The number of nitrogens with zero attached hydrogens (tertiary/aromatic N) is 3. The van der Waals surface area contributed by atoms with E-state index in [9.17, 15) is 4.79 Å². The van der Waals surface area contributed by atoms with E-state index in [1.54, 1.807) is 6.07 Å². The molecule has 156 valence electrons. The lowest BCUT2D eigenvalue weighted by atomic mass is 9.99. The molecule has 2 heterocycles. The van der Waals surface area contributed by atoms with E-state index in [1.165, 1.54) is 18.5 Å². The van der Waals surface area contributed by atoms with Crippen LogP contribution in [0, 0.1) is 18.8 Å². The standard InChI is InChI=1S/C23H33N5O/c1-16(2)9-12-24-22(29)21-15-18(4)25-23(27-21)26-19-5-7-20(8-6-19)28-13-10-17(3)11-14-28/h5-8,15-17H,9-14H2,1-4H3,(H,24,29)(H,25,26,27). The summed E-state index contributed by atoms with van der Waals surface area (Å²) in [6.07, 6.45) is 3.45. The lowest BCUT2D eigenvalue weighted by molar-refractivity contribution is 0.0947. The quantitative estimate of drug-likeness (QED) is 0.720. The molecule has 3 rings (SSSR count). The topological polar surface area (TPSA) is 70.2 Å². The Morgan fingerprint density at radius 3 is 2.52 bits per heavy atom. The van der Waals surface area contributed by atoms with Gasteiger partial charge in [-0.25, -0.2) is 9.97 Å². The van der Waals surface area contributed by atoms with Crippen LogP contribution < -0.4 is 15.5 Å². The molecular weight excluding hydrogens is 362 g/mol. The fraction of sp³-hybridized carbons (Fsp3) is 0.522. The molecule has 29 heavy (non-hydrogen) atoms. The highest BCUT2D eigenvalue weighted by molar-refractivity contribution is 5.92. The van der Waals surface area contributed by atoms with E-state index in [-0.39, 0.29) is 5.91 Å². The first-order chi connectivity index (χ1) is 13.9. The van der Waals surface area contributed by atoms with Gasteiger partial charge in [0.25, 0.3) is 5.91 Å². The summed E-state index contributed by atoms with van der Waals surface area (Å²) in [4.78, 5) is 23.7. The molecular formula is C23H33N5O. The summed E-state index contributed by atoms with van der Waals surface area (Å²) in [5, 5.41) is 6.16. The molecule has 1 amide bonds. The number of rotatable bonds is 7. The third-order valence-electron chi connectivity index (χ3n) is 5.37. The molecule has 1 aliphatic heterocycles. The molecule has 0 aliphatic carbocycles. The van der Waals surface area contributed by atoms with Crippen molar-refractivity contribution in [1.29, 1.82) is 0 Å². The van der Waals surface area contributed by atoms with Gasteiger partial charge in [-0.05, 0) is 68.4 Å². The van der Waals surface area contributed by atoms with Gasteiger partial charge in [0.15, 0.2) is 0 Å². The first-order valence-electron chi connectivity index (χ1n) is 10.7. The van der Waals surface area contributed by atoms with Gasteiger partial charge in [0.05, 0.1) is 0 Å². The lowest BCUT2D eigenvalue weighted by Crippen LogP contribution is -2.32. The zero-order valence-corrected chi connectivity index (χ0v) is 18.0. The lowest BCUT2D eigenvalue weighted by Gasteiger charge is -2.32. The number of aromatic nitrogens is 2. The number of amides is 1. The Balaban J connectivity index is 1.63. The Morgan fingerprint density at radius 1 is 1.17 bits per heavy atom. The Labute approximate surface area is 174 Å². The molecule has 0 radical (unpaired) electrons. The number of carbonyl (C=O) groups excluding carboxylic acids is 1. The number of piperidine rings is 1. The van der Waals surface area contributed by atoms with E-state index in [4.69, 9.17) is 0 Å². The molecule has 0 bridgehead atoms. The maximum Gasteiger partial charge on any atom is 0.270 e. The SMILES string of the molecule is Cc1cc(C(=O)NCCC(C)C)nc(Nc2ccc(N3CCC(C)CC3)cc2)n1. The van der Waals surface area contributed by atoms with Gasteiger partial charge in [0.2, 0.25) is 5.95 Å². The zero-order valence-electron chi connectivity index (χ0n) is 18.0. The van der Waals surface area contributed by atoms with Crippen molar-refractivity contribution in [2.24, 2.45) is 11.8 Å². The normalized spacial score (nSPS) is 14.9. The van der Waals surface area contributed by atoms with Gasteiger partial charge in [-0.3, -0.25) is 4.79 Å². The van der Waals surface area contributed by atoms with Crippen LogP contribution in [0.4, 0.5) is 17.3 Å². The largest absolute Gasteiger partial charge is 0.372 e. The molecule has 2 aromatic rings. The van der Waals surface area contributed by atoms with E-state index in [0.717, 1.165) is 36.8 Å². The molecule has 1 aromatic carbocycles.